The maximum atomic E-state index is 12.8. The highest BCUT2D eigenvalue weighted by atomic mass is 79.9. The van der Waals surface area contributed by atoms with Gasteiger partial charge in [0.15, 0.2) is 11.6 Å². The van der Waals surface area contributed by atoms with E-state index in [1.807, 2.05) is 73.7 Å². The Hall–Kier alpha value is -3.16. The van der Waals surface area contributed by atoms with Crippen LogP contribution in [0.5, 0.6) is 0 Å². The molecule has 1 heterocycles. The predicted octanol–water partition coefficient (Wildman–Crippen LogP) is 6.20. The third-order valence-electron chi connectivity index (χ3n) is 4.52. The third kappa shape index (κ3) is 5.13. The van der Waals surface area contributed by atoms with Crippen molar-refractivity contribution in [2.45, 2.75) is 16.8 Å². The Morgan fingerprint density at radius 3 is 2.29 bits per heavy atom. The Bertz CT molecular complexity index is 1210. The van der Waals surface area contributed by atoms with Gasteiger partial charge in [-0.3, -0.25) is 4.79 Å². The second-order valence-electron chi connectivity index (χ2n) is 6.85. The number of nitrogens with one attached hydrogen (secondary N) is 1. The predicted molar refractivity (Wildman–Crippen MR) is 129 cm³/mol. The van der Waals surface area contributed by atoms with E-state index in [1.165, 1.54) is 17.3 Å². The zero-order valence-corrected chi connectivity index (χ0v) is 19.1. The number of carbonyl (C=O) groups excluding carboxylic acids is 1. The molecule has 0 aliphatic heterocycles. The van der Waals surface area contributed by atoms with Crippen LogP contribution in [0.1, 0.15) is 15.9 Å². The van der Waals surface area contributed by atoms with E-state index in [0.717, 1.165) is 14.9 Å². The summed E-state index contributed by atoms with van der Waals surface area (Å²) in [5, 5.41) is 3.48. The SMILES string of the molecule is Cc1ccc(Sc2nc(-c3ccc(Br)cc3)nc(N)c2NC(=O)c2ccccc2)cc1. The number of halogens is 1. The Labute approximate surface area is 193 Å². The number of carbonyl (C=O) groups is 1. The summed E-state index contributed by atoms with van der Waals surface area (Å²) >= 11 is 4.87. The molecular formula is C24H19BrN4OS. The van der Waals surface area contributed by atoms with Gasteiger partial charge in [-0.1, -0.05) is 75.7 Å². The van der Waals surface area contributed by atoms with Gasteiger partial charge >= 0.3 is 0 Å². The minimum Gasteiger partial charge on any atom is -0.382 e. The van der Waals surface area contributed by atoms with Crippen molar-refractivity contribution in [2.24, 2.45) is 0 Å². The monoisotopic (exact) mass is 490 g/mol. The van der Waals surface area contributed by atoms with Crippen LogP contribution in [0.4, 0.5) is 11.5 Å². The van der Waals surface area contributed by atoms with Crippen molar-refractivity contribution in [3.8, 4) is 11.4 Å². The van der Waals surface area contributed by atoms with Crippen LogP contribution in [-0.4, -0.2) is 15.9 Å². The normalized spacial score (nSPS) is 10.6. The molecule has 0 spiro atoms. The lowest BCUT2D eigenvalue weighted by molar-refractivity contribution is 0.102. The zero-order valence-electron chi connectivity index (χ0n) is 16.7. The maximum absolute atomic E-state index is 12.8. The molecule has 4 aromatic rings. The van der Waals surface area contributed by atoms with Crippen molar-refractivity contribution in [1.29, 1.82) is 0 Å². The van der Waals surface area contributed by atoms with Gasteiger partial charge in [0.1, 0.15) is 10.7 Å². The number of aromatic nitrogens is 2. The second kappa shape index (κ2) is 9.32. The molecule has 0 saturated heterocycles. The molecule has 0 saturated carbocycles. The van der Waals surface area contributed by atoms with Crippen LogP contribution in [0.15, 0.2) is 93.3 Å². The Morgan fingerprint density at radius 2 is 1.61 bits per heavy atom. The van der Waals surface area contributed by atoms with E-state index < -0.39 is 0 Å². The van der Waals surface area contributed by atoms with Crippen LogP contribution >= 0.6 is 27.7 Å². The number of anilines is 2. The first kappa shape index (κ1) is 21.1. The number of hydrogen-bond donors (Lipinski definition) is 2. The van der Waals surface area contributed by atoms with Gasteiger partial charge in [0, 0.05) is 20.5 Å². The lowest BCUT2D eigenvalue weighted by Crippen LogP contribution is -2.15. The second-order valence-corrected chi connectivity index (χ2v) is 8.83. The van der Waals surface area contributed by atoms with E-state index in [4.69, 9.17) is 10.7 Å². The van der Waals surface area contributed by atoms with Crippen molar-refractivity contribution in [1.82, 2.24) is 9.97 Å². The van der Waals surface area contributed by atoms with Gasteiger partial charge < -0.3 is 11.1 Å². The Morgan fingerprint density at radius 1 is 0.935 bits per heavy atom. The minimum atomic E-state index is -0.266. The zero-order chi connectivity index (χ0) is 21.8. The van der Waals surface area contributed by atoms with E-state index in [-0.39, 0.29) is 11.7 Å². The summed E-state index contributed by atoms with van der Waals surface area (Å²) in [6, 6.07) is 24.8. The van der Waals surface area contributed by atoms with Gasteiger partial charge in [0.25, 0.3) is 5.91 Å². The van der Waals surface area contributed by atoms with E-state index in [2.05, 4.69) is 26.2 Å². The van der Waals surface area contributed by atoms with Crippen molar-refractivity contribution in [3.05, 3.63) is 94.5 Å². The Balaban J connectivity index is 1.75. The van der Waals surface area contributed by atoms with E-state index >= 15 is 0 Å². The number of nitrogens with zero attached hydrogens (tertiary/aromatic N) is 2. The topological polar surface area (TPSA) is 80.9 Å². The molecule has 0 aliphatic carbocycles. The Kier molecular flexibility index (Phi) is 6.34. The van der Waals surface area contributed by atoms with E-state index in [0.29, 0.717) is 22.1 Å². The van der Waals surface area contributed by atoms with Crippen LogP contribution in [0.3, 0.4) is 0 Å². The first-order valence-corrected chi connectivity index (χ1v) is 11.1. The largest absolute Gasteiger partial charge is 0.382 e. The molecule has 31 heavy (non-hydrogen) atoms. The number of rotatable bonds is 5. The van der Waals surface area contributed by atoms with Gasteiger partial charge in [0.05, 0.1) is 0 Å². The summed E-state index contributed by atoms with van der Waals surface area (Å²) in [5.74, 6) is 0.446. The fraction of sp³-hybridized carbons (Fsp3) is 0.0417. The van der Waals surface area contributed by atoms with Crippen molar-refractivity contribution in [3.63, 3.8) is 0 Å². The number of nitrogens with two attached hydrogens (primary N) is 1. The standard InChI is InChI=1S/C24H19BrN4OS/c1-15-7-13-19(14-8-15)31-24-20(27-23(30)17-5-3-2-4-6-17)21(26)28-22(29-24)16-9-11-18(25)12-10-16/h2-14H,1H3,(H,27,30)(H2,26,28,29). The molecular weight excluding hydrogens is 472 g/mol. The quantitative estimate of drug-likeness (QED) is 0.325. The molecule has 0 radical (unpaired) electrons. The van der Waals surface area contributed by atoms with Crippen molar-refractivity contribution in [2.75, 3.05) is 11.1 Å². The fourth-order valence-electron chi connectivity index (χ4n) is 2.87. The minimum absolute atomic E-state index is 0.215. The summed E-state index contributed by atoms with van der Waals surface area (Å²) in [5.41, 5.74) is 9.24. The maximum Gasteiger partial charge on any atom is 0.255 e. The molecule has 0 aliphatic rings. The molecule has 4 rings (SSSR count). The van der Waals surface area contributed by atoms with Gasteiger partial charge in [-0.05, 0) is 43.3 Å². The molecule has 1 aromatic heterocycles. The summed E-state index contributed by atoms with van der Waals surface area (Å²) in [4.78, 5) is 23.0. The van der Waals surface area contributed by atoms with Crippen molar-refractivity contribution < 1.29 is 4.79 Å². The molecule has 0 unspecified atom stereocenters. The molecule has 7 heteroatoms. The lowest BCUT2D eigenvalue weighted by atomic mass is 10.2. The van der Waals surface area contributed by atoms with Crippen LogP contribution in [0, 0.1) is 6.92 Å². The van der Waals surface area contributed by atoms with Crippen LogP contribution in [-0.2, 0) is 0 Å². The van der Waals surface area contributed by atoms with Crippen LogP contribution in [0.2, 0.25) is 0 Å². The number of nitrogen functional groups attached to an aromatic ring is 1. The van der Waals surface area contributed by atoms with Gasteiger partial charge in [0.2, 0.25) is 0 Å². The van der Waals surface area contributed by atoms with Crippen LogP contribution < -0.4 is 11.1 Å². The van der Waals surface area contributed by atoms with Gasteiger partial charge in [-0.15, -0.1) is 0 Å². The molecule has 3 aromatic carbocycles. The van der Waals surface area contributed by atoms with Crippen molar-refractivity contribution >= 4 is 45.1 Å². The molecule has 1 amide bonds. The highest BCUT2D eigenvalue weighted by Gasteiger charge is 2.18. The van der Waals surface area contributed by atoms with Crippen LogP contribution in [0.25, 0.3) is 11.4 Å². The fourth-order valence-corrected chi connectivity index (χ4v) is 4.02. The third-order valence-corrected chi connectivity index (χ3v) is 6.04. The van der Waals surface area contributed by atoms with Gasteiger partial charge in [-0.25, -0.2) is 9.97 Å². The first-order chi connectivity index (χ1) is 15.0. The number of amides is 1. The molecule has 0 bridgehead atoms. The molecule has 0 fully saturated rings. The number of benzene rings is 3. The highest BCUT2D eigenvalue weighted by molar-refractivity contribution is 9.10. The van der Waals surface area contributed by atoms with E-state index in [1.54, 1.807) is 12.1 Å². The molecule has 154 valence electrons. The summed E-state index contributed by atoms with van der Waals surface area (Å²) < 4.78 is 0.963. The first-order valence-electron chi connectivity index (χ1n) is 9.54. The average molecular weight is 491 g/mol. The summed E-state index contributed by atoms with van der Waals surface area (Å²) in [7, 11) is 0. The summed E-state index contributed by atoms with van der Waals surface area (Å²) in [6.07, 6.45) is 0. The molecule has 5 nitrogen and oxygen atoms in total. The average Bonchev–Trinajstić information content (AvgIpc) is 2.78. The molecule has 0 atom stereocenters. The van der Waals surface area contributed by atoms with E-state index in [9.17, 15) is 4.79 Å². The lowest BCUT2D eigenvalue weighted by Gasteiger charge is -2.14. The number of aryl methyl sites for hydroxylation is 1. The smallest absolute Gasteiger partial charge is 0.255 e. The molecule has 3 N–H and O–H groups in total. The summed E-state index contributed by atoms with van der Waals surface area (Å²) in [6.45, 7) is 2.04. The highest BCUT2D eigenvalue weighted by Crippen LogP contribution is 2.36. The number of hydrogen-bond acceptors (Lipinski definition) is 5. The van der Waals surface area contributed by atoms with Gasteiger partial charge in [-0.2, -0.15) is 0 Å².